The third-order valence-corrected chi connectivity index (χ3v) is 5.62. The van der Waals surface area contributed by atoms with Gasteiger partial charge in [0.25, 0.3) is 0 Å². The van der Waals surface area contributed by atoms with Gasteiger partial charge in [-0.25, -0.2) is 13.1 Å². The highest BCUT2D eigenvalue weighted by Crippen LogP contribution is 2.31. The molecule has 0 atom stereocenters. The van der Waals surface area contributed by atoms with Gasteiger partial charge in [-0.3, -0.25) is 9.59 Å². The lowest BCUT2D eigenvalue weighted by atomic mass is 10.2. The summed E-state index contributed by atoms with van der Waals surface area (Å²) in [6.07, 6.45) is 0.678. The summed E-state index contributed by atoms with van der Waals surface area (Å²) in [5.74, 6) is 0.363. The van der Waals surface area contributed by atoms with Gasteiger partial charge in [0.05, 0.1) is 18.1 Å². The maximum Gasteiger partial charge on any atom is 0.240 e. The number of fused-ring (bicyclic) bond motifs is 1. The fourth-order valence-electron chi connectivity index (χ4n) is 2.76. The van der Waals surface area contributed by atoms with Crippen LogP contribution in [0, 0.1) is 0 Å². The lowest BCUT2D eigenvalue weighted by molar-refractivity contribution is -0.116. The molecule has 3 rings (SSSR count). The first-order valence-electron chi connectivity index (χ1n) is 9.40. The van der Waals surface area contributed by atoms with Gasteiger partial charge in [-0.2, -0.15) is 0 Å². The van der Waals surface area contributed by atoms with Crippen LogP contribution in [-0.4, -0.2) is 40.0 Å². The SMILES string of the molecule is CC(=O)Nc1ccc(NC(=O)CCNS(=O)(=O)c2ccc3c(c2)OCCCO3)cc1. The van der Waals surface area contributed by atoms with Crippen molar-refractivity contribution in [3.63, 3.8) is 0 Å². The monoisotopic (exact) mass is 433 g/mol. The number of hydrogen-bond acceptors (Lipinski definition) is 6. The Morgan fingerprint density at radius 1 is 0.933 bits per heavy atom. The molecule has 0 spiro atoms. The quantitative estimate of drug-likeness (QED) is 0.615. The zero-order valence-corrected chi connectivity index (χ0v) is 17.3. The van der Waals surface area contributed by atoms with Crippen LogP contribution in [0.15, 0.2) is 47.4 Å². The van der Waals surface area contributed by atoms with Crippen LogP contribution in [0.5, 0.6) is 11.5 Å². The van der Waals surface area contributed by atoms with E-state index in [0.29, 0.717) is 36.1 Å². The van der Waals surface area contributed by atoms with Crippen molar-refractivity contribution in [1.29, 1.82) is 0 Å². The second kappa shape index (κ2) is 9.59. The van der Waals surface area contributed by atoms with Crippen LogP contribution in [0.3, 0.4) is 0 Å². The number of benzene rings is 2. The van der Waals surface area contributed by atoms with Crippen molar-refractivity contribution in [2.75, 3.05) is 30.4 Å². The highest BCUT2D eigenvalue weighted by Gasteiger charge is 2.19. The Morgan fingerprint density at radius 3 is 2.23 bits per heavy atom. The van der Waals surface area contributed by atoms with E-state index in [9.17, 15) is 18.0 Å². The minimum Gasteiger partial charge on any atom is -0.490 e. The molecule has 0 bridgehead atoms. The molecule has 0 fully saturated rings. The first kappa shape index (κ1) is 21.6. The minimum absolute atomic E-state index is 0.0423. The highest BCUT2D eigenvalue weighted by molar-refractivity contribution is 7.89. The van der Waals surface area contributed by atoms with Crippen molar-refractivity contribution in [3.8, 4) is 11.5 Å². The number of anilines is 2. The van der Waals surface area contributed by atoms with Crippen molar-refractivity contribution in [1.82, 2.24) is 4.72 Å². The predicted molar refractivity (Wildman–Crippen MR) is 111 cm³/mol. The average Bonchev–Trinajstić information content (AvgIpc) is 2.94. The van der Waals surface area contributed by atoms with Gasteiger partial charge in [-0.1, -0.05) is 0 Å². The molecule has 0 unspecified atom stereocenters. The van der Waals surface area contributed by atoms with Crippen LogP contribution in [0.25, 0.3) is 0 Å². The third kappa shape index (κ3) is 5.94. The second-order valence-corrected chi connectivity index (χ2v) is 8.38. The van der Waals surface area contributed by atoms with E-state index in [1.807, 2.05) is 0 Å². The number of nitrogens with one attached hydrogen (secondary N) is 3. The van der Waals surface area contributed by atoms with E-state index in [1.165, 1.54) is 19.1 Å². The zero-order chi connectivity index (χ0) is 21.6. The van der Waals surface area contributed by atoms with Crippen molar-refractivity contribution >= 4 is 33.2 Å². The molecule has 2 aromatic rings. The summed E-state index contributed by atoms with van der Waals surface area (Å²) in [4.78, 5) is 23.1. The van der Waals surface area contributed by atoms with Crippen LogP contribution < -0.4 is 24.8 Å². The highest BCUT2D eigenvalue weighted by atomic mass is 32.2. The van der Waals surface area contributed by atoms with E-state index in [2.05, 4.69) is 15.4 Å². The molecule has 0 aromatic heterocycles. The molecule has 0 radical (unpaired) electrons. The van der Waals surface area contributed by atoms with Gasteiger partial charge >= 0.3 is 0 Å². The Hall–Kier alpha value is -3.11. The Bertz CT molecular complexity index is 1020. The molecule has 3 N–H and O–H groups in total. The van der Waals surface area contributed by atoms with Gasteiger partial charge in [-0.05, 0) is 36.4 Å². The van der Waals surface area contributed by atoms with Crippen molar-refractivity contribution in [2.45, 2.75) is 24.7 Å². The average molecular weight is 433 g/mol. The van der Waals surface area contributed by atoms with Gasteiger partial charge < -0.3 is 20.1 Å². The van der Waals surface area contributed by atoms with Crippen LogP contribution in [0.4, 0.5) is 11.4 Å². The van der Waals surface area contributed by atoms with E-state index in [0.717, 1.165) is 6.42 Å². The van der Waals surface area contributed by atoms with Gasteiger partial charge in [0, 0.05) is 43.8 Å². The van der Waals surface area contributed by atoms with Crippen molar-refractivity contribution in [3.05, 3.63) is 42.5 Å². The molecule has 9 nitrogen and oxygen atoms in total. The predicted octanol–water partition coefficient (Wildman–Crippen LogP) is 2.11. The Kier molecular flexibility index (Phi) is 6.91. The maximum atomic E-state index is 12.5. The molecular formula is C20H23N3O6S. The summed E-state index contributed by atoms with van der Waals surface area (Å²) in [6.45, 7) is 2.31. The van der Waals surface area contributed by atoms with Crippen molar-refractivity contribution < 1.29 is 27.5 Å². The molecule has 1 heterocycles. The molecule has 160 valence electrons. The number of ether oxygens (including phenoxy) is 2. The van der Waals surface area contributed by atoms with E-state index in [4.69, 9.17) is 9.47 Å². The number of carbonyl (C=O) groups excluding carboxylic acids is 2. The molecule has 10 heteroatoms. The maximum absolute atomic E-state index is 12.5. The summed E-state index contributed by atoms with van der Waals surface area (Å²) in [5, 5.41) is 5.30. The zero-order valence-electron chi connectivity index (χ0n) is 16.4. The number of sulfonamides is 1. The van der Waals surface area contributed by atoms with E-state index >= 15 is 0 Å². The summed E-state index contributed by atoms with van der Waals surface area (Å²) < 4.78 is 38.4. The molecule has 2 amide bonds. The standard InChI is InChI=1S/C20H23N3O6S/c1-14(24)22-15-3-5-16(6-4-15)23-20(25)9-10-21-30(26,27)17-7-8-18-19(13-17)29-12-2-11-28-18/h3-8,13,21H,2,9-12H2,1H3,(H,22,24)(H,23,25). The van der Waals surface area contributed by atoms with E-state index in [-0.39, 0.29) is 29.7 Å². The molecular weight excluding hydrogens is 410 g/mol. The first-order valence-corrected chi connectivity index (χ1v) is 10.9. The molecule has 2 aromatic carbocycles. The Morgan fingerprint density at radius 2 is 1.57 bits per heavy atom. The fraction of sp³-hybridized carbons (Fsp3) is 0.300. The smallest absolute Gasteiger partial charge is 0.240 e. The molecule has 0 aliphatic carbocycles. The molecule has 0 saturated heterocycles. The normalized spacial score (nSPS) is 13.2. The lowest BCUT2D eigenvalue weighted by Crippen LogP contribution is -2.27. The molecule has 1 aliphatic rings. The summed E-state index contributed by atoms with van der Waals surface area (Å²) in [6, 6.07) is 11.0. The van der Waals surface area contributed by atoms with Crippen LogP contribution >= 0.6 is 0 Å². The largest absolute Gasteiger partial charge is 0.490 e. The van der Waals surface area contributed by atoms with Gasteiger partial charge in [0.1, 0.15) is 0 Å². The van der Waals surface area contributed by atoms with Gasteiger partial charge in [0.15, 0.2) is 11.5 Å². The van der Waals surface area contributed by atoms with Crippen LogP contribution in [0.1, 0.15) is 19.8 Å². The van der Waals surface area contributed by atoms with Crippen LogP contribution in [-0.2, 0) is 19.6 Å². The number of amides is 2. The van der Waals surface area contributed by atoms with Crippen molar-refractivity contribution in [2.24, 2.45) is 0 Å². The molecule has 1 aliphatic heterocycles. The second-order valence-electron chi connectivity index (χ2n) is 6.61. The third-order valence-electron chi connectivity index (χ3n) is 4.16. The fourth-order valence-corrected chi connectivity index (χ4v) is 3.80. The number of hydrogen-bond donors (Lipinski definition) is 3. The first-order chi connectivity index (χ1) is 14.3. The summed E-state index contributed by atoms with van der Waals surface area (Å²) in [7, 11) is -3.80. The number of rotatable bonds is 7. The number of carbonyl (C=O) groups is 2. The topological polar surface area (TPSA) is 123 Å². The van der Waals surface area contributed by atoms with Gasteiger partial charge in [0.2, 0.25) is 21.8 Å². The summed E-state index contributed by atoms with van der Waals surface area (Å²) in [5.41, 5.74) is 1.16. The van der Waals surface area contributed by atoms with Gasteiger partial charge in [-0.15, -0.1) is 0 Å². The Balaban J connectivity index is 1.52. The lowest BCUT2D eigenvalue weighted by Gasteiger charge is -2.11. The molecule has 30 heavy (non-hydrogen) atoms. The summed E-state index contributed by atoms with van der Waals surface area (Å²) >= 11 is 0. The van der Waals surface area contributed by atoms with Crippen LogP contribution in [0.2, 0.25) is 0 Å². The van der Waals surface area contributed by atoms with E-state index < -0.39 is 10.0 Å². The molecule has 0 saturated carbocycles. The Labute approximate surface area is 174 Å². The van der Waals surface area contributed by atoms with E-state index in [1.54, 1.807) is 30.3 Å². The minimum atomic E-state index is -3.80.